The summed E-state index contributed by atoms with van der Waals surface area (Å²) in [6.45, 7) is 2.05. The van der Waals surface area contributed by atoms with Gasteiger partial charge in [0, 0.05) is 35.1 Å². The van der Waals surface area contributed by atoms with Crippen LogP contribution >= 0.6 is 11.3 Å². The maximum atomic E-state index is 13.1. The number of H-pyrrole nitrogens is 1. The van der Waals surface area contributed by atoms with E-state index in [2.05, 4.69) is 32.6 Å². The van der Waals surface area contributed by atoms with Gasteiger partial charge in [-0.2, -0.15) is 5.10 Å². The Labute approximate surface area is 146 Å². The average Bonchev–Trinajstić information content (AvgIpc) is 3.29. The van der Waals surface area contributed by atoms with E-state index in [4.69, 9.17) is 4.74 Å². The fourth-order valence-electron chi connectivity index (χ4n) is 3.76. The molecule has 2 aliphatic heterocycles. The summed E-state index contributed by atoms with van der Waals surface area (Å²) >= 11 is 1.80. The fourth-order valence-corrected chi connectivity index (χ4v) is 4.48. The predicted molar refractivity (Wildman–Crippen MR) is 93.3 cm³/mol. The van der Waals surface area contributed by atoms with Crippen molar-refractivity contribution < 1.29 is 9.53 Å². The zero-order chi connectivity index (χ0) is 16.4. The Morgan fingerprint density at radius 2 is 2.42 bits per heavy atom. The number of fused-ring (bicyclic) bond motifs is 1. The summed E-state index contributed by atoms with van der Waals surface area (Å²) in [5, 5.41) is 9.48. The highest BCUT2D eigenvalue weighted by molar-refractivity contribution is 7.09. The van der Waals surface area contributed by atoms with Crippen LogP contribution in [0, 0.1) is 0 Å². The predicted octanol–water partition coefficient (Wildman–Crippen LogP) is 3.17. The van der Waals surface area contributed by atoms with Crippen LogP contribution in [0.5, 0.6) is 0 Å². The SMILES string of the molecule is O=C(c1n[nH]c2c1COCC2)N1CCCC[C@@H]1CCc1cccs1. The van der Waals surface area contributed by atoms with Gasteiger partial charge in [0.2, 0.25) is 0 Å². The molecule has 0 aliphatic carbocycles. The largest absolute Gasteiger partial charge is 0.376 e. The normalized spacial score (nSPS) is 20.8. The second kappa shape index (κ2) is 7.07. The highest BCUT2D eigenvalue weighted by Crippen LogP contribution is 2.26. The monoisotopic (exact) mass is 345 g/mol. The van der Waals surface area contributed by atoms with Crippen LogP contribution in [0.4, 0.5) is 0 Å². The molecule has 1 saturated heterocycles. The first kappa shape index (κ1) is 15.8. The smallest absolute Gasteiger partial charge is 0.274 e. The number of hydrogen-bond donors (Lipinski definition) is 1. The number of thiophene rings is 1. The lowest BCUT2D eigenvalue weighted by Crippen LogP contribution is -2.44. The van der Waals surface area contributed by atoms with Gasteiger partial charge in [-0.1, -0.05) is 6.07 Å². The second-order valence-corrected chi connectivity index (χ2v) is 7.63. The van der Waals surface area contributed by atoms with Crippen molar-refractivity contribution in [2.75, 3.05) is 13.2 Å². The second-order valence-electron chi connectivity index (χ2n) is 6.60. The van der Waals surface area contributed by atoms with Gasteiger partial charge in [-0.15, -0.1) is 11.3 Å². The Morgan fingerprint density at radius 1 is 1.46 bits per heavy atom. The highest BCUT2D eigenvalue weighted by Gasteiger charge is 2.31. The quantitative estimate of drug-likeness (QED) is 0.926. The van der Waals surface area contributed by atoms with E-state index in [1.54, 1.807) is 11.3 Å². The number of aryl methyl sites for hydroxylation is 1. The third-order valence-corrected chi connectivity index (χ3v) is 6.03. The summed E-state index contributed by atoms with van der Waals surface area (Å²) in [7, 11) is 0. The van der Waals surface area contributed by atoms with Crippen LogP contribution in [0.25, 0.3) is 0 Å². The molecule has 0 aromatic carbocycles. The number of ether oxygens (including phenoxy) is 1. The van der Waals surface area contributed by atoms with Gasteiger partial charge in [0.25, 0.3) is 5.91 Å². The molecular weight excluding hydrogens is 322 g/mol. The molecule has 4 heterocycles. The lowest BCUT2D eigenvalue weighted by molar-refractivity contribution is 0.0586. The highest BCUT2D eigenvalue weighted by atomic mass is 32.1. The Balaban J connectivity index is 1.49. The van der Waals surface area contributed by atoms with E-state index < -0.39 is 0 Å². The molecule has 6 heteroatoms. The van der Waals surface area contributed by atoms with Gasteiger partial charge < -0.3 is 9.64 Å². The van der Waals surface area contributed by atoms with Gasteiger partial charge in [0.1, 0.15) is 0 Å². The molecule has 0 unspecified atom stereocenters. The summed E-state index contributed by atoms with van der Waals surface area (Å²) in [6.07, 6.45) is 6.30. The molecule has 0 spiro atoms. The van der Waals surface area contributed by atoms with E-state index in [1.165, 1.54) is 11.3 Å². The summed E-state index contributed by atoms with van der Waals surface area (Å²) in [5.74, 6) is 0.0777. The molecular formula is C18H23N3O2S. The maximum Gasteiger partial charge on any atom is 0.274 e. The molecule has 24 heavy (non-hydrogen) atoms. The zero-order valence-corrected chi connectivity index (χ0v) is 14.6. The Morgan fingerprint density at radius 3 is 3.29 bits per heavy atom. The Hall–Kier alpha value is -1.66. The summed E-state index contributed by atoms with van der Waals surface area (Å²) < 4.78 is 5.53. The van der Waals surface area contributed by atoms with Crippen molar-refractivity contribution in [2.24, 2.45) is 0 Å². The van der Waals surface area contributed by atoms with Crippen molar-refractivity contribution in [3.63, 3.8) is 0 Å². The van der Waals surface area contributed by atoms with E-state index in [0.29, 0.717) is 24.9 Å². The van der Waals surface area contributed by atoms with Crippen molar-refractivity contribution >= 4 is 17.2 Å². The van der Waals surface area contributed by atoms with Crippen LogP contribution in [0.15, 0.2) is 17.5 Å². The summed E-state index contributed by atoms with van der Waals surface area (Å²) in [4.78, 5) is 16.6. The van der Waals surface area contributed by atoms with E-state index >= 15 is 0 Å². The van der Waals surface area contributed by atoms with Crippen molar-refractivity contribution in [1.29, 1.82) is 0 Å². The van der Waals surface area contributed by atoms with E-state index in [-0.39, 0.29) is 5.91 Å². The molecule has 4 rings (SSSR count). The number of nitrogens with one attached hydrogen (secondary N) is 1. The van der Waals surface area contributed by atoms with Crippen molar-refractivity contribution in [3.05, 3.63) is 39.3 Å². The molecule has 0 radical (unpaired) electrons. The Bertz CT molecular complexity index is 695. The number of aromatic nitrogens is 2. The number of aromatic amines is 1. The van der Waals surface area contributed by atoms with Gasteiger partial charge in [-0.25, -0.2) is 0 Å². The van der Waals surface area contributed by atoms with Crippen molar-refractivity contribution in [2.45, 2.75) is 51.2 Å². The average molecular weight is 345 g/mol. The molecule has 1 N–H and O–H groups in total. The molecule has 1 fully saturated rings. The number of likely N-dealkylation sites (tertiary alicyclic amines) is 1. The molecule has 2 aromatic heterocycles. The van der Waals surface area contributed by atoms with Crippen LogP contribution in [0.1, 0.15) is 52.3 Å². The molecule has 1 atom stereocenters. The van der Waals surface area contributed by atoms with Crippen LogP contribution < -0.4 is 0 Å². The molecule has 128 valence electrons. The molecule has 1 amide bonds. The first-order valence-electron chi connectivity index (χ1n) is 8.80. The van der Waals surface area contributed by atoms with Crippen molar-refractivity contribution in [3.8, 4) is 0 Å². The van der Waals surface area contributed by atoms with Gasteiger partial charge in [0.15, 0.2) is 5.69 Å². The van der Waals surface area contributed by atoms with Crippen LogP contribution in [-0.2, 0) is 24.2 Å². The summed E-state index contributed by atoms with van der Waals surface area (Å²) in [6, 6.07) is 4.60. The Kier molecular flexibility index (Phi) is 4.67. The van der Waals surface area contributed by atoms with E-state index in [0.717, 1.165) is 49.9 Å². The molecule has 2 aliphatic rings. The minimum absolute atomic E-state index is 0.0777. The molecule has 0 saturated carbocycles. The number of carbonyl (C=O) groups is 1. The van der Waals surface area contributed by atoms with E-state index in [9.17, 15) is 4.79 Å². The van der Waals surface area contributed by atoms with E-state index in [1.807, 2.05) is 0 Å². The summed E-state index contributed by atoms with van der Waals surface area (Å²) in [5.41, 5.74) is 2.61. The standard InChI is InChI=1S/C18H23N3O2S/c22-18(17-15-12-23-10-8-16(15)19-20-17)21-9-2-1-4-13(21)6-7-14-5-3-11-24-14/h3,5,11,13H,1-2,4,6-10,12H2,(H,19,20)/t13-/m1/s1. The number of carbonyl (C=O) groups excluding carboxylic acids is 1. The lowest BCUT2D eigenvalue weighted by atomic mass is 9.96. The number of amides is 1. The van der Waals surface area contributed by atoms with Gasteiger partial charge in [0.05, 0.1) is 13.2 Å². The van der Waals surface area contributed by atoms with Gasteiger partial charge in [-0.3, -0.25) is 9.89 Å². The molecule has 0 bridgehead atoms. The van der Waals surface area contributed by atoms with Gasteiger partial charge >= 0.3 is 0 Å². The van der Waals surface area contributed by atoms with Crippen LogP contribution in [0.2, 0.25) is 0 Å². The van der Waals surface area contributed by atoms with Crippen LogP contribution in [0.3, 0.4) is 0 Å². The van der Waals surface area contributed by atoms with Gasteiger partial charge in [-0.05, 0) is 43.6 Å². The fraction of sp³-hybridized carbons (Fsp3) is 0.556. The maximum absolute atomic E-state index is 13.1. The first-order valence-corrected chi connectivity index (χ1v) is 9.68. The number of hydrogen-bond acceptors (Lipinski definition) is 4. The zero-order valence-electron chi connectivity index (χ0n) is 13.8. The van der Waals surface area contributed by atoms with Crippen LogP contribution in [-0.4, -0.2) is 40.2 Å². The molecule has 5 nitrogen and oxygen atoms in total. The number of rotatable bonds is 4. The topological polar surface area (TPSA) is 58.2 Å². The lowest BCUT2D eigenvalue weighted by Gasteiger charge is -2.35. The third-order valence-electron chi connectivity index (χ3n) is 5.09. The number of piperidine rings is 1. The minimum Gasteiger partial charge on any atom is -0.376 e. The number of nitrogens with zero attached hydrogens (tertiary/aromatic N) is 2. The first-order chi connectivity index (χ1) is 11.8. The minimum atomic E-state index is 0.0777. The molecule has 2 aromatic rings. The third kappa shape index (κ3) is 3.13. The van der Waals surface area contributed by atoms with Crippen molar-refractivity contribution in [1.82, 2.24) is 15.1 Å².